The van der Waals surface area contributed by atoms with Crippen LogP contribution < -0.4 is 0 Å². The Morgan fingerprint density at radius 2 is 0.849 bits per heavy atom. The smallest absolute Gasteiger partial charge is 0.306 e. The number of ether oxygens (including phenoxy) is 6. The van der Waals surface area contributed by atoms with E-state index >= 15 is 0 Å². The maximum atomic E-state index is 13.0. The van der Waals surface area contributed by atoms with Crippen LogP contribution in [0.25, 0.3) is 0 Å². The molecule has 14 heteroatoms. The first kappa shape index (κ1) is 67.6. The van der Waals surface area contributed by atoms with Crippen molar-refractivity contribution < 1.29 is 69.0 Å². The van der Waals surface area contributed by atoms with Crippen LogP contribution in [0.1, 0.15) is 245 Å². The summed E-state index contributed by atoms with van der Waals surface area (Å²) in [5.74, 6) is -0.372. The van der Waals surface area contributed by atoms with Crippen LogP contribution in [0.5, 0.6) is 0 Å². The van der Waals surface area contributed by atoms with Crippen molar-refractivity contribution in [1.29, 1.82) is 0 Å². The highest BCUT2D eigenvalue weighted by atomic mass is 16.7. The van der Waals surface area contributed by atoms with Crippen LogP contribution in [-0.2, 0) is 33.2 Å². The third-order valence-electron chi connectivity index (χ3n) is 14.5. The molecule has 7 N–H and O–H groups in total. The first-order valence-electron chi connectivity index (χ1n) is 29.9. The van der Waals surface area contributed by atoms with E-state index in [1.807, 2.05) is 0 Å². The number of carbonyl (C=O) groups is 1. The second-order valence-corrected chi connectivity index (χ2v) is 21.2. The van der Waals surface area contributed by atoms with E-state index < -0.39 is 80.7 Å². The van der Waals surface area contributed by atoms with E-state index in [1.54, 1.807) is 0 Å². The van der Waals surface area contributed by atoms with Crippen molar-refractivity contribution in [1.82, 2.24) is 0 Å². The highest BCUT2D eigenvalue weighted by Gasteiger charge is 2.47. The molecule has 0 aromatic carbocycles. The first-order valence-corrected chi connectivity index (χ1v) is 29.9. The Morgan fingerprint density at radius 3 is 1.32 bits per heavy atom. The van der Waals surface area contributed by atoms with Crippen molar-refractivity contribution in [2.45, 2.75) is 313 Å². The van der Waals surface area contributed by atoms with E-state index in [-0.39, 0.29) is 25.6 Å². The second kappa shape index (κ2) is 46.6. The third kappa shape index (κ3) is 33.4. The van der Waals surface area contributed by atoms with Gasteiger partial charge in [-0.1, -0.05) is 218 Å². The lowest BCUT2D eigenvalue weighted by Gasteiger charge is -2.42. The van der Waals surface area contributed by atoms with E-state index in [9.17, 15) is 40.5 Å². The molecule has 0 aromatic heterocycles. The van der Waals surface area contributed by atoms with Crippen molar-refractivity contribution in [3.63, 3.8) is 0 Å². The van der Waals surface area contributed by atoms with Gasteiger partial charge in [0.1, 0.15) is 54.9 Å². The van der Waals surface area contributed by atoms with E-state index in [4.69, 9.17) is 28.4 Å². The molecule has 2 fully saturated rings. The zero-order valence-corrected chi connectivity index (χ0v) is 46.1. The largest absolute Gasteiger partial charge is 0.457 e. The van der Waals surface area contributed by atoms with Crippen LogP contribution in [0, 0.1) is 0 Å². The highest BCUT2D eigenvalue weighted by molar-refractivity contribution is 5.69. The number of aliphatic hydroxyl groups excluding tert-OH is 7. The number of aliphatic hydroxyl groups is 7. The van der Waals surface area contributed by atoms with Gasteiger partial charge in [-0.3, -0.25) is 4.79 Å². The molecular formula is C59H110O14. The summed E-state index contributed by atoms with van der Waals surface area (Å²) in [7, 11) is 0. The van der Waals surface area contributed by atoms with Crippen LogP contribution in [-0.4, -0.2) is 142 Å². The molecule has 430 valence electrons. The zero-order chi connectivity index (χ0) is 53.0. The molecule has 2 rings (SSSR count). The lowest BCUT2D eigenvalue weighted by Crippen LogP contribution is -2.61. The number of hydrogen-bond acceptors (Lipinski definition) is 14. The average molecular weight is 1040 g/mol. The van der Waals surface area contributed by atoms with Crippen molar-refractivity contribution in [2.24, 2.45) is 0 Å². The quantitative estimate of drug-likeness (QED) is 0.0172. The fraction of sp³-hybridized carbons (Fsp3) is 0.915. The monoisotopic (exact) mass is 1040 g/mol. The van der Waals surface area contributed by atoms with Crippen LogP contribution in [0.3, 0.4) is 0 Å². The molecule has 11 unspecified atom stereocenters. The molecule has 0 aliphatic carbocycles. The molecule has 0 saturated carbocycles. The van der Waals surface area contributed by atoms with Crippen molar-refractivity contribution in [3.8, 4) is 0 Å². The molecule has 14 nitrogen and oxygen atoms in total. The number of hydrogen-bond donors (Lipinski definition) is 7. The number of allylic oxidation sites excluding steroid dienone is 4. The summed E-state index contributed by atoms with van der Waals surface area (Å²) < 4.78 is 34.4. The lowest BCUT2D eigenvalue weighted by molar-refractivity contribution is -0.332. The van der Waals surface area contributed by atoms with Gasteiger partial charge in [-0.2, -0.15) is 0 Å². The van der Waals surface area contributed by atoms with E-state index in [0.717, 1.165) is 44.9 Å². The third-order valence-corrected chi connectivity index (χ3v) is 14.5. The number of unbranched alkanes of at least 4 members (excludes halogenated alkanes) is 31. The Balaban J connectivity index is 1.65. The van der Waals surface area contributed by atoms with Gasteiger partial charge in [0.05, 0.1) is 26.4 Å². The Morgan fingerprint density at radius 1 is 0.452 bits per heavy atom. The molecule has 0 spiro atoms. The maximum absolute atomic E-state index is 13.0. The molecule has 11 atom stereocenters. The molecule has 2 heterocycles. The van der Waals surface area contributed by atoms with E-state index in [0.29, 0.717) is 13.0 Å². The van der Waals surface area contributed by atoms with E-state index in [1.165, 1.54) is 173 Å². The summed E-state index contributed by atoms with van der Waals surface area (Å²) >= 11 is 0. The van der Waals surface area contributed by atoms with Crippen LogP contribution >= 0.6 is 0 Å². The lowest BCUT2D eigenvalue weighted by atomic mass is 9.98. The summed E-state index contributed by atoms with van der Waals surface area (Å²) in [4.78, 5) is 13.0. The van der Waals surface area contributed by atoms with Gasteiger partial charge < -0.3 is 64.2 Å². The zero-order valence-electron chi connectivity index (χ0n) is 46.1. The van der Waals surface area contributed by atoms with Gasteiger partial charge in [0.2, 0.25) is 0 Å². The maximum Gasteiger partial charge on any atom is 0.306 e. The molecule has 0 bridgehead atoms. The predicted octanol–water partition coefficient (Wildman–Crippen LogP) is 10.8. The fourth-order valence-corrected chi connectivity index (χ4v) is 9.61. The molecule has 2 aliphatic rings. The minimum absolute atomic E-state index is 0.0662. The molecule has 0 aromatic rings. The SMILES string of the molecule is CCCCCCC/C=C\C/C=C\CCCCCCCCCCCCCCCCOCC(COC1OC(COC2OC(CO)C(O)C(O)C2O)C(O)C(O)C1O)OC(=O)CCCCCCCCCCCCCCC. The molecule has 2 saturated heterocycles. The summed E-state index contributed by atoms with van der Waals surface area (Å²) in [5, 5.41) is 72.3. The minimum atomic E-state index is -1.70. The summed E-state index contributed by atoms with van der Waals surface area (Å²) in [6.07, 6.45) is 36.8. The molecule has 2 aliphatic heterocycles. The Hall–Kier alpha value is -1.53. The Bertz CT molecular complexity index is 1300. The Labute approximate surface area is 443 Å². The second-order valence-electron chi connectivity index (χ2n) is 21.2. The minimum Gasteiger partial charge on any atom is -0.457 e. The predicted molar refractivity (Wildman–Crippen MR) is 289 cm³/mol. The molecule has 0 radical (unpaired) electrons. The number of rotatable bonds is 49. The highest BCUT2D eigenvalue weighted by Crippen LogP contribution is 2.27. The van der Waals surface area contributed by atoms with Gasteiger partial charge in [0.15, 0.2) is 12.6 Å². The molecule has 73 heavy (non-hydrogen) atoms. The van der Waals surface area contributed by atoms with Crippen molar-refractivity contribution >= 4 is 5.97 Å². The first-order chi connectivity index (χ1) is 35.6. The summed E-state index contributed by atoms with van der Waals surface area (Å²) in [6.45, 7) is 3.72. The fourth-order valence-electron chi connectivity index (χ4n) is 9.61. The summed E-state index contributed by atoms with van der Waals surface area (Å²) in [6, 6.07) is 0. The van der Waals surface area contributed by atoms with Gasteiger partial charge in [-0.15, -0.1) is 0 Å². The van der Waals surface area contributed by atoms with Crippen LogP contribution in [0.15, 0.2) is 24.3 Å². The standard InChI is InChI=1S/C59H110O14/c1-3-5-7-9-11-13-15-17-18-19-20-21-22-23-24-25-26-27-28-29-31-33-35-37-39-41-43-68-45-48(71-51(61)42-40-38-36-34-32-30-16-14-12-10-8-6-4-2)46-69-58-57(67)55(65)53(63)50(73-58)47-70-59-56(66)54(64)52(62)49(44-60)72-59/h15,17,19-20,48-50,52-60,62-67H,3-14,16,18,21-47H2,1-2H3/b17-15-,20-19-. The normalized spacial score (nSPS) is 25.1. The van der Waals surface area contributed by atoms with E-state index in [2.05, 4.69) is 38.2 Å². The van der Waals surface area contributed by atoms with Gasteiger partial charge in [0, 0.05) is 13.0 Å². The molecule has 0 amide bonds. The number of esters is 1. The summed E-state index contributed by atoms with van der Waals surface area (Å²) in [5.41, 5.74) is 0. The molecular weight excluding hydrogens is 933 g/mol. The average Bonchev–Trinajstić information content (AvgIpc) is 3.39. The topological polar surface area (TPSA) is 214 Å². The Kier molecular flexibility index (Phi) is 43.1. The van der Waals surface area contributed by atoms with Crippen molar-refractivity contribution in [3.05, 3.63) is 24.3 Å². The van der Waals surface area contributed by atoms with Crippen molar-refractivity contribution in [2.75, 3.05) is 33.0 Å². The van der Waals surface area contributed by atoms with Gasteiger partial charge in [-0.05, 0) is 44.9 Å². The number of carbonyl (C=O) groups excluding carboxylic acids is 1. The van der Waals surface area contributed by atoms with Gasteiger partial charge in [0.25, 0.3) is 0 Å². The van der Waals surface area contributed by atoms with Gasteiger partial charge >= 0.3 is 5.97 Å². The van der Waals surface area contributed by atoms with Crippen LogP contribution in [0.4, 0.5) is 0 Å². The van der Waals surface area contributed by atoms with Gasteiger partial charge in [-0.25, -0.2) is 0 Å². The van der Waals surface area contributed by atoms with Crippen LogP contribution in [0.2, 0.25) is 0 Å².